The topological polar surface area (TPSA) is 76.7 Å². The zero-order valence-electron chi connectivity index (χ0n) is 13.6. The second-order valence-corrected chi connectivity index (χ2v) is 6.47. The van der Waals surface area contributed by atoms with E-state index in [9.17, 15) is 4.79 Å². The number of hydrazone groups is 1. The van der Waals surface area contributed by atoms with E-state index in [0.29, 0.717) is 32.3 Å². The Kier molecular flexibility index (Phi) is 5.70. The Morgan fingerprint density at radius 1 is 1.31 bits per heavy atom. The van der Waals surface area contributed by atoms with Crippen molar-refractivity contribution in [3.63, 3.8) is 0 Å². The van der Waals surface area contributed by atoms with Gasteiger partial charge in [-0.15, -0.1) is 0 Å². The quantitative estimate of drug-likeness (QED) is 0.473. The summed E-state index contributed by atoms with van der Waals surface area (Å²) in [5, 5.41) is 4.38. The summed E-state index contributed by atoms with van der Waals surface area (Å²) in [7, 11) is 1.56. The van der Waals surface area contributed by atoms with E-state index in [1.54, 1.807) is 43.6 Å². The van der Waals surface area contributed by atoms with Crippen molar-refractivity contribution in [2.24, 2.45) is 5.10 Å². The first kappa shape index (κ1) is 18.2. The summed E-state index contributed by atoms with van der Waals surface area (Å²) < 4.78 is 11.5. The molecule has 0 spiro atoms. The van der Waals surface area contributed by atoms with Crippen molar-refractivity contribution in [1.29, 1.82) is 0 Å². The average molecular weight is 435 g/mol. The first-order chi connectivity index (χ1) is 12.6. The van der Waals surface area contributed by atoms with Gasteiger partial charge in [0.2, 0.25) is 0 Å². The average Bonchev–Trinajstić information content (AvgIpc) is 3.10. The van der Waals surface area contributed by atoms with Crippen LogP contribution in [0.4, 0.5) is 0 Å². The largest absolute Gasteiger partial charge is 0.495 e. The lowest BCUT2D eigenvalue weighted by molar-refractivity contribution is 0.0954. The van der Waals surface area contributed by atoms with Crippen LogP contribution in [0.2, 0.25) is 5.02 Å². The highest BCUT2D eigenvalue weighted by atomic mass is 79.9. The maximum Gasteiger partial charge on any atom is 0.272 e. The lowest BCUT2D eigenvalue weighted by Gasteiger charge is -2.04. The molecule has 1 N–H and O–H groups in total. The van der Waals surface area contributed by atoms with E-state index in [1.807, 2.05) is 6.07 Å². The van der Waals surface area contributed by atoms with Gasteiger partial charge < -0.3 is 9.15 Å². The van der Waals surface area contributed by atoms with Crippen molar-refractivity contribution in [3.8, 4) is 17.1 Å². The van der Waals surface area contributed by atoms with Crippen molar-refractivity contribution in [2.45, 2.75) is 0 Å². The molecule has 8 heteroatoms. The first-order valence-corrected chi connectivity index (χ1v) is 8.61. The number of nitrogens with zero attached hydrogens (tertiary/aromatic N) is 2. The van der Waals surface area contributed by atoms with Crippen LogP contribution in [0.25, 0.3) is 11.3 Å². The van der Waals surface area contributed by atoms with Gasteiger partial charge in [0.1, 0.15) is 17.3 Å². The maximum atomic E-state index is 12.0. The molecule has 3 aromatic rings. The summed E-state index contributed by atoms with van der Waals surface area (Å²) in [6, 6.07) is 10.5. The van der Waals surface area contributed by atoms with Crippen LogP contribution in [-0.2, 0) is 0 Å². The number of hydrogen-bond donors (Lipinski definition) is 1. The summed E-state index contributed by atoms with van der Waals surface area (Å²) in [5.74, 6) is 1.33. The molecule has 0 radical (unpaired) electrons. The van der Waals surface area contributed by atoms with Gasteiger partial charge in [0.15, 0.2) is 0 Å². The van der Waals surface area contributed by atoms with E-state index < -0.39 is 0 Å². The Labute approximate surface area is 163 Å². The number of amides is 1. The van der Waals surface area contributed by atoms with E-state index in [-0.39, 0.29) is 5.91 Å². The molecule has 0 bridgehead atoms. The third kappa shape index (κ3) is 4.30. The fourth-order valence-electron chi connectivity index (χ4n) is 2.15. The Hall–Kier alpha value is -2.64. The van der Waals surface area contributed by atoms with Crippen molar-refractivity contribution in [1.82, 2.24) is 10.4 Å². The molecule has 0 fully saturated rings. The fraction of sp³-hybridized carbons (Fsp3) is 0.0556. The summed E-state index contributed by atoms with van der Waals surface area (Å²) in [6.07, 6.45) is 4.46. The monoisotopic (exact) mass is 433 g/mol. The molecule has 1 amide bonds. The van der Waals surface area contributed by atoms with Crippen LogP contribution in [0.1, 0.15) is 16.1 Å². The molecule has 0 saturated heterocycles. The molecule has 6 nitrogen and oxygen atoms in total. The number of carbonyl (C=O) groups is 1. The molecule has 2 aromatic heterocycles. The highest BCUT2D eigenvalue weighted by Gasteiger charge is 2.08. The molecule has 0 unspecified atom stereocenters. The summed E-state index contributed by atoms with van der Waals surface area (Å²) in [5.41, 5.74) is 3.62. The van der Waals surface area contributed by atoms with Crippen LogP contribution < -0.4 is 10.2 Å². The van der Waals surface area contributed by atoms with E-state index in [1.165, 1.54) is 12.4 Å². The Morgan fingerprint density at radius 2 is 2.15 bits per heavy atom. The minimum absolute atomic E-state index is 0.372. The number of furan rings is 1. The number of aromatic nitrogens is 1. The number of rotatable bonds is 5. The molecule has 0 aliphatic rings. The smallest absolute Gasteiger partial charge is 0.272 e. The van der Waals surface area contributed by atoms with Crippen LogP contribution in [0, 0.1) is 0 Å². The number of benzene rings is 1. The van der Waals surface area contributed by atoms with Gasteiger partial charge in [-0.3, -0.25) is 9.78 Å². The van der Waals surface area contributed by atoms with Crippen molar-refractivity contribution < 1.29 is 13.9 Å². The van der Waals surface area contributed by atoms with Gasteiger partial charge in [0.05, 0.1) is 23.9 Å². The summed E-state index contributed by atoms with van der Waals surface area (Å²) in [4.78, 5) is 15.9. The highest BCUT2D eigenvalue weighted by Crippen LogP contribution is 2.30. The number of methoxy groups -OCH3 is 1. The number of pyridine rings is 1. The van der Waals surface area contributed by atoms with Gasteiger partial charge in [-0.2, -0.15) is 5.10 Å². The fourth-order valence-corrected chi connectivity index (χ4v) is 2.77. The predicted octanol–water partition coefficient (Wildman–Crippen LogP) is 4.53. The van der Waals surface area contributed by atoms with Gasteiger partial charge >= 0.3 is 0 Å². The minimum atomic E-state index is -0.372. The van der Waals surface area contributed by atoms with Crippen molar-refractivity contribution in [2.75, 3.05) is 7.11 Å². The lowest BCUT2D eigenvalue weighted by Crippen LogP contribution is -2.17. The van der Waals surface area contributed by atoms with Crippen LogP contribution >= 0.6 is 27.5 Å². The second-order valence-electron chi connectivity index (χ2n) is 5.14. The molecule has 26 heavy (non-hydrogen) atoms. The van der Waals surface area contributed by atoms with Gasteiger partial charge in [-0.05, 0) is 52.3 Å². The number of ether oxygens (including phenoxy) is 1. The maximum absolute atomic E-state index is 12.0. The molecule has 1 aromatic carbocycles. The number of carbonyl (C=O) groups excluding carboxylic acids is 1. The zero-order valence-corrected chi connectivity index (χ0v) is 15.9. The molecule has 0 atom stereocenters. The van der Waals surface area contributed by atoms with Gasteiger partial charge in [0, 0.05) is 22.4 Å². The second kappa shape index (κ2) is 8.16. The van der Waals surface area contributed by atoms with Crippen molar-refractivity contribution in [3.05, 3.63) is 69.6 Å². The lowest BCUT2D eigenvalue weighted by atomic mass is 10.2. The number of hydrogen-bond acceptors (Lipinski definition) is 5. The van der Waals surface area contributed by atoms with E-state index in [2.05, 4.69) is 31.4 Å². The molecule has 0 aliphatic carbocycles. The standard InChI is InChI=1S/C18H13BrClN3O3/c1-25-17-4-2-11(7-15(17)20)16-5-3-14(26-16)10-22-23-18(24)12-6-13(19)9-21-8-12/h2-10H,1H3,(H,23,24)/b22-10+. The molecule has 3 rings (SSSR count). The van der Waals surface area contributed by atoms with E-state index >= 15 is 0 Å². The van der Waals surface area contributed by atoms with Gasteiger partial charge in [-0.25, -0.2) is 5.43 Å². The molecule has 0 saturated carbocycles. The molecule has 132 valence electrons. The van der Waals surface area contributed by atoms with E-state index in [0.717, 1.165) is 5.56 Å². The Morgan fingerprint density at radius 3 is 2.88 bits per heavy atom. The highest BCUT2D eigenvalue weighted by molar-refractivity contribution is 9.10. The van der Waals surface area contributed by atoms with E-state index in [4.69, 9.17) is 20.8 Å². The summed E-state index contributed by atoms with van der Waals surface area (Å²) >= 11 is 9.39. The minimum Gasteiger partial charge on any atom is -0.495 e. The van der Waals surface area contributed by atoms with Crippen LogP contribution in [0.15, 0.2) is 62.8 Å². The van der Waals surface area contributed by atoms with Crippen LogP contribution in [0.5, 0.6) is 5.75 Å². The molecular weight excluding hydrogens is 422 g/mol. The van der Waals surface area contributed by atoms with Crippen LogP contribution in [0.3, 0.4) is 0 Å². The summed E-state index contributed by atoms with van der Waals surface area (Å²) in [6.45, 7) is 0. The van der Waals surface area contributed by atoms with Gasteiger partial charge in [0.25, 0.3) is 5.91 Å². The normalized spacial score (nSPS) is 10.9. The third-order valence-electron chi connectivity index (χ3n) is 3.39. The third-order valence-corrected chi connectivity index (χ3v) is 4.12. The van der Waals surface area contributed by atoms with Crippen LogP contribution in [-0.4, -0.2) is 24.2 Å². The number of halogens is 2. The zero-order chi connectivity index (χ0) is 18.5. The first-order valence-electron chi connectivity index (χ1n) is 7.44. The van der Waals surface area contributed by atoms with Crippen molar-refractivity contribution >= 4 is 39.7 Å². The SMILES string of the molecule is COc1ccc(-c2ccc(/C=N/NC(=O)c3cncc(Br)c3)o2)cc1Cl. The number of nitrogens with one attached hydrogen (secondary N) is 1. The molecule has 2 heterocycles. The predicted molar refractivity (Wildman–Crippen MR) is 103 cm³/mol. The molecular formula is C18H13BrClN3O3. The molecule has 0 aliphatic heterocycles. The van der Waals surface area contributed by atoms with Gasteiger partial charge in [-0.1, -0.05) is 11.6 Å². The Balaban J connectivity index is 1.67. The Bertz CT molecular complexity index is 972.